The number of halogens is 2. The Bertz CT molecular complexity index is 1240. The molecule has 1 aliphatic rings. The smallest absolute Gasteiger partial charge is 0.263 e. The van der Waals surface area contributed by atoms with Crippen molar-refractivity contribution in [2.45, 2.75) is 17.7 Å². The zero-order chi connectivity index (χ0) is 22.7. The molecule has 0 aliphatic carbocycles. The molecule has 166 valence electrons. The summed E-state index contributed by atoms with van der Waals surface area (Å²) in [6, 6.07) is 18.1. The van der Waals surface area contributed by atoms with Crippen molar-refractivity contribution in [3.63, 3.8) is 0 Å². The van der Waals surface area contributed by atoms with Crippen LogP contribution in [0.4, 0.5) is 17.1 Å². The van der Waals surface area contributed by atoms with Gasteiger partial charge in [0.25, 0.3) is 15.9 Å². The number of amides is 1. The molecule has 1 amide bonds. The predicted octanol–water partition coefficient (Wildman–Crippen LogP) is 5.65. The zero-order valence-electron chi connectivity index (χ0n) is 17.0. The molecule has 32 heavy (non-hydrogen) atoms. The van der Waals surface area contributed by atoms with E-state index in [1.165, 1.54) is 30.3 Å². The fraction of sp³-hybridized carbons (Fsp3) is 0.174. The van der Waals surface area contributed by atoms with Crippen LogP contribution in [0.3, 0.4) is 0 Å². The van der Waals surface area contributed by atoms with Crippen LogP contribution >= 0.6 is 23.2 Å². The Hall–Kier alpha value is -2.74. The summed E-state index contributed by atoms with van der Waals surface area (Å²) >= 11 is 11.9. The topological polar surface area (TPSA) is 78.5 Å². The molecule has 3 aromatic carbocycles. The molecule has 0 bridgehead atoms. The third-order valence-electron chi connectivity index (χ3n) is 5.18. The molecule has 2 N–H and O–H groups in total. The molecule has 4 rings (SSSR count). The monoisotopic (exact) mass is 489 g/mol. The van der Waals surface area contributed by atoms with E-state index in [1.807, 2.05) is 24.3 Å². The molecule has 0 atom stereocenters. The normalized spacial score (nSPS) is 13.8. The van der Waals surface area contributed by atoms with E-state index in [9.17, 15) is 13.2 Å². The predicted molar refractivity (Wildman–Crippen MR) is 130 cm³/mol. The maximum atomic E-state index is 12.8. The highest BCUT2D eigenvalue weighted by atomic mass is 35.5. The number of hydrogen-bond donors (Lipinski definition) is 2. The van der Waals surface area contributed by atoms with Crippen LogP contribution in [0.5, 0.6) is 0 Å². The van der Waals surface area contributed by atoms with Crippen LogP contribution in [0.15, 0.2) is 71.6 Å². The van der Waals surface area contributed by atoms with Gasteiger partial charge in [-0.2, -0.15) is 0 Å². The van der Waals surface area contributed by atoms with Crippen LogP contribution in [0.2, 0.25) is 10.0 Å². The van der Waals surface area contributed by atoms with Gasteiger partial charge >= 0.3 is 0 Å². The minimum absolute atomic E-state index is 0.0644. The molecule has 1 saturated heterocycles. The Balaban J connectivity index is 1.48. The minimum Gasteiger partial charge on any atom is -0.370 e. The number of sulfonamides is 1. The largest absolute Gasteiger partial charge is 0.370 e. The van der Waals surface area contributed by atoms with Crippen molar-refractivity contribution in [2.75, 3.05) is 28.0 Å². The van der Waals surface area contributed by atoms with Gasteiger partial charge in [-0.3, -0.25) is 9.52 Å². The molecule has 0 radical (unpaired) electrons. The average molecular weight is 490 g/mol. The number of carbonyl (C=O) groups excluding carboxylic acids is 1. The minimum atomic E-state index is -3.94. The number of nitrogens with zero attached hydrogens (tertiary/aromatic N) is 1. The van der Waals surface area contributed by atoms with E-state index in [0.29, 0.717) is 11.3 Å². The second kappa shape index (κ2) is 9.40. The molecule has 0 spiro atoms. The average Bonchev–Trinajstić information content (AvgIpc) is 3.31. The summed E-state index contributed by atoms with van der Waals surface area (Å²) in [5, 5.41) is 3.28. The van der Waals surface area contributed by atoms with Crippen LogP contribution in [-0.4, -0.2) is 27.4 Å². The molecule has 1 aliphatic heterocycles. The lowest BCUT2D eigenvalue weighted by molar-refractivity contribution is 0.102. The molecule has 0 saturated carbocycles. The van der Waals surface area contributed by atoms with E-state index in [0.717, 1.165) is 37.3 Å². The van der Waals surface area contributed by atoms with E-state index in [2.05, 4.69) is 14.9 Å². The van der Waals surface area contributed by atoms with Crippen LogP contribution in [0.25, 0.3) is 0 Å². The molecule has 6 nitrogen and oxygen atoms in total. The third kappa shape index (κ3) is 5.01. The van der Waals surface area contributed by atoms with Gasteiger partial charge in [0, 0.05) is 29.4 Å². The summed E-state index contributed by atoms with van der Waals surface area (Å²) < 4.78 is 27.8. The van der Waals surface area contributed by atoms with Gasteiger partial charge in [-0.1, -0.05) is 35.3 Å². The van der Waals surface area contributed by atoms with E-state index in [1.54, 1.807) is 12.1 Å². The lowest BCUT2D eigenvalue weighted by atomic mass is 10.2. The van der Waals surface area contributed by atoms with Crippen molar-refractivity contribution >= 4 is 56.2 Å². The van der Waals surface area contributed by atoms with E-state index in [4.69, 9.17) is 23.2 Å². The lowest BCUT2D eigenvalue weighted by Gasteiger charge is -2.21. The summed E-state index contributed by atoms with van der Waals surface area (Å²) in [6.07, 6.45) is 2.28. The first kappa shape index (κ1) is 22.5. The Morgan fingerprint density at radius 1 is 0.906 bits per heavy atom. The number of anilines is 3. The molecule has 0 unspecified atom stereocenters. The van der Waals surface area contributed by atoms with Gasteiger partial charge in [-0.25, -0.2) is 8.42 Å². The van der Waals surface area contributed by atoms with E-state index >= 15 is 0 Å². The van der Waals surface area contributed by atoms with Crippen LogP contribution in [0, 0.1) is 0 Å². The summed E-state index contributed by atoms with van der Waals surface area (Å²) in [7, 11) is -3.94. The fourth-order valence-corrected chi connectivity index (χ4v) is 5.41. The van der Waals surface area contributed by atoms with E-state index in [-0.39, 0.29) is 20.8 Å². The standard InChI is InChI=1S/C23H21Cl2N3O3S/c24-17-9-12-19(25)22(15-17)32(30,31)27-18-10-7-16(8-11-18)23(29)26-20-5-1-2-6-21(20)28-13-3-4-14-28/h1-2,5-12,15,27H,3-4,13-14H2,(H,26,29). The highest BCUT2D eigenvalue weighted by Crippen LogP contribution is 2.30. The number of para-hydroxylation sites is 2. The van der Waals surface area contributed by atoms with E-state index < -0.39 is 10.0 Å². The number of carbonyl (C=O) groups is 1. The SMILES string of the molecule is O=C(Nc1ccccc1N1CCCC1)c1ccc(NS(=O)(=O)c2cc(Cl)ccc2Cl)cc1. The van der Waals surface area contributed by atoms with Crippen molar-refractivity contribution in [2.24, 2.45) is 0 Å². The maximum Gasteiger partial charge on any atom is 0.263 e. The lowest BCUT2D eigenvalue weighted by Crippen LogP contribution is -2.21. The number of hydrogen-bond acceptors (Lipinski definition) is 4. The molecule has 3 aromatic rings. The van der Waals surface area contributed by atoms with Crippen LogP contribution < -0.4 is 14.9 Å². The zero-order valence-corrected chi connectivity index (χ0v) is 19.3. The Morgan fingerprint density at radius 2 is 1.59 bits per heavy atom. The fourth-order valence-electron chi connectivity index (χ4n) is 3.59. The van der Waals surface area contributed by atoms with Crippen molar-refractivity contribution in [3.05, 3.63) is 82.3 Å². The van der Waals surface area contributed by atoms with Gasteiger partial charge in [-0.15, -0.1) is 0 Å². The Kier molecular flexibility index (Phi) is 6.60. The van der Waals surface area contributed by atoms with Crippen LogP contribution in [-0.2, 0) is 10.0 Å². The molecule has 1 heterocycles. The highest BCUT2D eigenvalue weighted by Gasteiger charge is 2.20. The maximum absolute atomic E-state index is 12.8. The molecular weight excluding hydrogens is 469 g/mol. The van der Waals surface area contributed by atoms with Crippen molar-refractivity contribution in [1.82, 2.24) is 0 Å². The van der Waals surface area contributed by atoms with Crippen molar-refractivity contribution < 1.29 is 13.2 Å². The number of benzene rings is 3. The molecule has 1 fully saturated rings. The van der Waals surface area contributed by atoms with Gasteiger partial charge in [-0.05, 0) is 67.4 Å². The quantitative estimate of drug-likeness (QED) is 0.468. The first-order chi connectivity index (χ1) is 15.3. The van der Waals surface area contributed by atoms with Gasteiger partial charge in [0.15, 0.2) is 0 Å². The highest BCUT2D eigenvalue weighted by molar-refractivity contribution is 7.92. The van der Waals surface area contributed by atoms with Gasteiger partial charge in [0.2, 0.25) is 0 Å². The van der Waals surface area contributed by atoms with Crippen molar-refractivity contribution in [3.8, 4) is 0 Å². The summed E-state index contributed by atoms with van der Waals surface area (Å²) in [6.45, 7) is 1.94. The summed E-state index contributed by atoms with van der Waals surface area (Å²) in [4.78, 5) is 14.9. The van der Waals surface area contributed by atoms with Crippen molar-refractivity contribution in [1.29, 1.82) is 0 Å². The molecular formula is C23H21Cl2N3O3S. The van der Waals surface area contributed by atoms with Gasteiger partial charge in [0.1, 0.15) is 4.90 Å². The summed E-state index contributed by atoms with van der Waals surface area (Å²) in [5.41, 5.74) is 2.46. The second-order valence-electron chi connectivity index (χ2n) is 7.42. The molecule has 0 aromatic heterocycles. The first-order valence-corrected chi connectivity index (χ1v) is 12.3. The third-order valence-corrected chi connectivity index (χ3v) is 7.28. The number of nitrogens with one attached hydrogen (secondary N) is 2. The molecule has 9 heteroatoms. The van der Waals surface area contributed by atoms with Gasteiger partial charge in [0.05, 0.1) is 16.4 Å². The Morgan fingerprint density at radius 3 is 2.31 bits per heavy atom. The summed E-state index contributed by atoms with van der Waals surface area (Å²) in [5.74, 6) is -0.274. The second-order valence-corrected chi connectivity index (χ2v) is 9.92. The van der Waals surface area contributed by atoms with Crippen LogP contribution in [0.1, 0.15) is 23.2 Å². The number of rotatable bonds is 6. The first-order valence-electron chi connectivity index (χ1n) is 10.1. The van der Waals surface area contributed by atoms with Gasteiger partial charge < -0.3 is 10.2 Å². The Labute approximate surface area is 197 Å².